The zero-order chi connectivity index (χ0) is 9.84. The molecule has 0 saturated carbocycles. The van der Waals surface area contributed by atoms with E-state index < -0.39 is 0 Å². The lowest BCUT2D eigenvalue weighted by atomic mass is 10.2. The van der Waals surface area contributed by atoms with Crippen LogP contribution in [0, 0.1) is 5.92 Å². The van der Waals surface area contributed by atoms with Crippen molar-refractivity contribution in [2.24, 2.45) is 5.92 Å². The second-order valence-electron chi connectivity index (χ2n) is 3.88. The van der Waals surface area contributed by atoms with Gasteiger partial charge in [0.1, 0.15) is 0 Å². The van der Waals surface area contributed by atoms with E-state index in [4.69, 9.17) is 0 Å². The summed E-state index contributed by atoms with van der Waals surface area (Å²) in [5, 5.41) is 4.31. The molecule has 1 aromatic rings. The van der Waals surface area contributed by atoms with E-state index in [1.807, 2.05) is 6.20 Å². The number of alkyl halides is 1. The van der Waals surface area contributed by atoms with Crippen LogP contribution in [0.25, 0.3) is 0 Å². The average Bonchev–Trinajstić information content (AvgIpc) is 2.34. The maximum atomic E-state index is 4.31. The van der Waals surface area contributed by atoms with Crippen LogP contribution in [-0.2, 0) is 13.0 Å². The van der Waals surface area contributed by atoms with Gasteiger partial charge >= 0.3 is 0 Å². The summed E-state index contributed by atoms with van der Waals surface area (Å²) in [6.07, 6.45) is 2.93. The van der Waals surface area contributed by atoms with E-state index in [2.05, 4.69) is 52.5 Å². The van der Waals surface area contributed by atoms with E-state index in [1.165, 1.54) is 5.69 Å². The number of aromatic nitrogens is 2. The largest absolute Gasteiger partial charge is 0.269 e. The molecular weight excluding hydrogens is 228 g/mol. The topological polar surface area (TPSA) is 17.8 Å². The molecule has 1 unspecified atom stereocenters. The molecule has 1 aromatic heterocycles. The minimum atomic E-state index is 0.523. The summed E-state index contributed by atoms with van der Waals surface area (Å²) >= 11 is 3.56. The Labute approximate surface area is 88.5 Å². The van der Waals surface area contributed by atoms with Crippen LogP contribution in [-0.4, -0.2) is 14.6 Å². The molecule has 0 aromatic carbocycles. The Morgan fingerprint density at radius 2 is 2.15 bits per heavy atom. The number of halogens is 1. The lowest BCUT2D eigenvalue weighted by molar-refractivity contribution is 0.468. The number of hydrogen-bond acceptors (Lipinski definition) is 1. The molecule has 1 atom stereocenters. The zero-order valence-electron chi connectivity index (χ0n) is 8.50. The van der Waals surface area contributed by atoms with Crippen molar-refractivity contribution < 1.29 is 0 Å². The van der Waals surface area contributed by atoms with Crippen molar-refractivity contribution in [1.82, 2.24) is 9.78 Å². The molecule has 2 nitrogen and oxygen atoms in total. The van der Waals surface area contributed by atoms with Gasteiger partial charge in [-0.3, -0.25) is 4.68 Å². The first-order chi connectivity index (χ1) is 6.09. The highest BCUT2D eigenvalue weighted by Crippen LogP contribution is 2.10. The first-order valence-corrected chi connectivity index (χ1v) is 5.66. The van der Waals surface area contributed by atoms with Gasteiger partial charge in [-0.15, -0.1) is 0 Å². The molecule has 0 spiro atoms. The van der Waals surface area contributed by atoms with E-state index >= 15 is 0 Å². The monoisotopic (exact) mass is 244 g/mol. The summed E-state index contributed by atoms with van der Waals surface area (Å²) in [6.45, 7) is 7.60. The van der Waals surface area contributed by atoms with Crippen LogP contribution >= 0.6 is 15.9 Å². The molecule has 13 heavy (non-hydrogen) atoms. The van der Waals surface area contributed by atoms with Gasteiger partial charge < -0.3 is 0 Å². The Morgan fingerprint density at radius 1 is 1.46 bits per heavy atom. The summed E-state index contributed by atoms with van der Waals surface area (Å²) in [5.74, 6) is 0.657. The van der Waals surface area contributed by atoms with Gasteiger partial charge in [-0.25, -0.2) is 0 Å². The summed E-state index contributed by atoms with van der Waals surface area (Å²) < 4.78 is 2.10. The minimum absolute atomic E-state index is 0.523. The smallest absolute Gasteiger partial charge is 0.0492 e. The highest BCUT2D eigenvalue weighted by Gasteiger charge is 2.06. The van der Waals surface area contributed by atoms with Crippen molar-refractivity contribution in [1.29, 1.82) is 0 Å². The van der Waals surface area contributed by atoms with Crippen LogP contribution in [0.15, 0.2) is 12.3 Å². The Hall–Kier alpha value is -0.310. The molecule has 0 aliphatic carbocycles. The van der Waals surface area contributed by atoms with Gasteiger partial charge in [-0.2, -0.15) is 5.10 Å². The maximum Gasteiger partial charge on any atom is 0.0492 e. The lowest BCUT2D eigenvalue weighted by Gasteiger charge is -2.10. The van der Waals surface area contributed by atoms with Crippen LogP contribution in [0.4, 0.5) is 0 Å². The normalized spacial score (nSPS) is 13.6. The van der Waals surface area contributed by atoms with Crippen LogP contribution in [0.2, 0.25) is 0 Å². The van der Waals surface area contributed by atoms with Crippen LogP contribution in [0.5, 0.6) is 0 Å². The molecule has 0 radical (unpaired) electrons. The standard InChI is InChI=1S/C10H17BrN2/c1-8(2)7-13-10(4-5-12-13)6-9(3)11/h4-5,8-9H,6-7H2,1-3H3. The Kier molecular flexibility index (Phi) is 3.97. The van der Waals surface area contributed by atoms with Gasteiger partial charge in [0.15, 0.2) is 0 Å². The SMILES string of the molecule is CC(C)Cn1nccc1CC(C)Br. The quantitative estimate of drug-likeness (QED) is 0.746. The van der Waals surface area contributed by atoms with Crippen LogP contribution < -0.4 is 0 Å². The third-order valence-electron chi connectivity index (χ3n) is 1.83. The molecule has 0 aliphatic rings. The summed E-state index contributed by atoms with van der Waals surface area (Å²) in [6, 6.07) is 2.10. The molecule has 0 fully saturated rings. The molecule has 0 aliphatic heterocycles. The van der Waals surface area contributed by atoms with Crippen molar-refractivity contribution in [3.63, 3.8) is 0 Å². The summed E-state index contributed by atoms with van der Waals surface area (Å²) in [5.41, 5.74) is 1.32. The van der Waals surface area contributed by atoms with Gasteiger partial charge in [0, 0.05) is 29.7 Å². The molecule has 0 N–H and O–H groups in total. The maximum absolute atomic E-state index is 4.31. The fourth-order valence-electron chi connectivity index (χ4n) is 1.33. The molecule has 0 amide bonds. The number of nitrogens with zero attached hydrogens (tertiary/aromatic N) is 2. The first kappa shape index (κ1) is 10.8. The fraction of sp³-hybridized carbons (Fsp3) is 0.700. The lowest BCUT2D eigenvalue weighted by Crippen LogP contribution is -2.11. The second kappa shape index (κ2) is 4.80. The minimum Gasteiger partial charge on any atom is -0.269 e. The van der Waals surface area contributed by atoms with Gasteiger partial charge in [0.25, 0.3) is 0 Å². The molecular formula is C10H17BrN2. The van der Waals surface area contributed by atoms with E-state index in [-0.39, 0.29) is 0 Å². The van der Waals surface area contributed by atoms with Crippen molar-refractivity contribution in [3.8, 4) is 0 Å². The third-order valence-corrected chi connectivity index (χ3v) is 2.16. The highest BCUT2D eigenvalue weighted by atomic mass is 79.9. The van der Waals surface area contributed by atoms with E-state index in [0.717, 1.165) is 13.0 Å². The predicted molar refractivity (Wildman–Crippen MR) is 59.2 cm³/mol. The molecule has 0 saturated heterocycles. The van der Waals surface area contributed by atoms with Gasteiger partial charge in [0.2, 0.25) is 0 Å². The van der Waals surface area contributed by atoms with Crippen LogP contribution in [0.3, 0.4) is 0 Å². The molecule has 0 bridgehead atoms. The Bertz CT molecular complexity index is 229. The van der Waals surface area contributed by atoms with Crippen molar-refractivity contribution in [2.45, 2.75) is 38.6 Å². The van der Waals surface area contributed by atoms with E-state index in [9.17, 15) is 0 Å². The number of hydrogen-bond donors (Lipinski definition) is 0. The molecule has 3 heteroatoms. The van der Waals surface area contributed by atoms with Gasteiger partial charge in [-0.05, 0) is 12.0 Å². The zero-order valence-corrected chi connectivity index (χ0v) is 10.1. The first-order valence-electron chi connectivity index (χ1n) is 4.74. The van der Waals surface area contributed by atoms with Crippen molar-refractivity contribution in [2.75, 3.05) is 0 Å². The third kappa shape index (κ3) is 3.51. The predicted octanol–water partition coefficient (Wildman–Crippen LogP) is 2.87. The van der Waals surface area contributed by atoms with Gasteiger partial charge in [-0.1, -0.05) is 36.7 Å². The average molecular weight is 245 g/mol. The van der Waals surface area contributed by atoms with E-state index in [0.29, 0.717) is 10.7 Å². The molecule has 1 heterocycles. The summed E-state index contributed by atoms with van der Waals surface area (Å²) in [7, 11) is 0. The highest BCUT2D eigenvalue weighted by molar-refractivity contribution is 9.09. The van der Waals surface area contributed by atoms with E-state index in [1.54, 1.807) is 0 Å². The Morgan fingerprint density at radius 3 is 2.69 bits per heavy atom. The molecule has 74 valence electrons. The van der Waals surface area contributed by atoms with Crippen LogP contribution in [0.1, 0.15) is 26.5 Å². The fourth-order valence-corrected chi connectivity index (χ4v) is 1.66. The van der Waals surface area contributed by atoms with Crippen molar-refractivity contribution >= 4 is 15.9 Å². The van der Waals surface area contributed by atoms with Gasteiger partial charge in [0.05, 0.1) is 0 Å². The Balaban J connectivity index is 2.65. The molecule has 1 rings (SSSR count). The second-order valence-corrected chi connectivity index (χ2v) is 5.45. The van der Waals surface area contributed by atoms with Crippen molar-refractivity contribution in [3.05, 3.63) is 18.0 Å². The number of rotatable bonds is 4. The summed E-state index contributed by atoms with van der Waals surface area (Å²) in [4.78, 5) is 0.523.